The summed E-state index contributed by atoms with van der Waals surface area (Å²) in [6, 6.07) is 4.25. The number of aromatic nitrogens is 5. The highest BCUT2D eigenvalue weighted by Gasteiger charge is 2.37. The predicted molar refractivity (Wildman–Crippen MR) is 97.7 cm³/mol. The van der Waals surface area contributed by atoms with Gasteiger partial charge in [0, 0.05) is 44.6 Å². The maximum absolute atomic E-state index is 9.84. The number of pyridine rings is 1. The van der Waals surface area contributed by atoms with Gasteiger partial charge in [0.2, 0.25) is 0 Å². The molecule has 0 radical (unpaired) electrons. The van der Waals surface area contributed by atoms with Crippen LogP contribution in [0.5, 0.6) is 0 Å². The van der Waals surface area contributed by atoms with E-state index in [0.717, 1.165) is 70.2 Å². The van der Waals surface area contributed by atoms with E-state index in [0.29, 0.717) is 0 Å². The van der Waals surface area contributed by atoms with E-state index in [2.05, 4.69) is 36.4 Å². The van der Waals surface area contributed by atoms with Crippen LogP contribution in [0.4, 0.5) is 0 Å². The van der Waals surface area contributed by atoms with Crippen LogP contribution in [0, 0.1) is 0 Å². The molecule has 27 heavy (non-hydrogen) atoms. The summed E-state index contributed by atoms with van der Waals surface area (Å²) in [5.74, 6) is 0.892. The molecule has 1 N–H and O–H groups in total. The summed E-state index contributed by atoms with van der Waals surface area (Å²) in [5, 5.41) is 22.4. The Labute approximate surface area is 158 Å². The predicted octanol–water partition coefficient (Wildman–Crippen LogP) is 0.0983. The van der Waals surface area contributed by atoms with Gasteiger partial charge in [-0.05, 0) is 34.9 Å². The Kier molecular flexibility index (Phi) is 6.03. The minimum atomic E-state index is 0.113. The molecule has 2 aliphatic rings. The third kappa shape index (κ3) is 4.32. The van der Waals surface area contributed by atoms with Gasteiger partial charge >= 0.3 is 0 Å². The van der Waals surface area contributed by atoms with Crippen molar-refractivity contribution in [2.75, 3.05) is 39.5 Å². The number of hydrogen-bond acceptors (Lipinski definition) is 8. The molecule has 0 bridgehead atoms. The van der Waals surface area contributed by atoms with Crippen molar-refractivity contribution < 1.29 is 9.84 Å². The second kappa shape index (κ2) is 8.83. The summed E-state index contributed by atoms with van der Waals surface area (Å²) in [6.45, 7) is 6.07. The summed E-state index contributed by atoms with van der Waals surface area (Å²) in [7, 11) is 0. The van der Waals surface area contributed by atoms with Crippen molar-refractivity contribution >= 4 is 0 Å². The lowest BCUT2D eigenvalue weighted by Crippen LogP contribution is -2.39. The van der Waals surface area contributed by atoms with Gasteiger partial charge < -0.3 is 9.84 Å². The number of morpholine rings is 1. The van der Waals surface area contributed by atoms with E-state index in [1.54, 1.807) is 6.20 Å². The molecule has 0 unspecified atom stereocenters. The Bertz CT molecular complexity index is 705. The number of ether oxygens (including phenoxy) is 1. The number of aliphatic hydroxyl groups is 1. The molecule has 9 nitrogen and oxygen atoms in total. The Morgan fingerprint density at radius 3 is 2.85 bits per heavy atom. The van der Waals surface area contributed by atoms with Gasteiger partial charge in [-0.1, -0.05) is 6.07 Å². The normalized spacial score (nSPS) is 24.5. The monoisotopic (exact) mass is 373 g/mol. The quantitative estimate of drug-likeness (QED) is 0.731. The molecule has 0 amide bonds. The summed E-state index contributed by atoms with van der Waals surface area (Å²) in [4.78, 5) is 8.91. The standard InChI is InChI=1S/C18H27N7O2/c26-14-16-3-4-17(24(16)13-15-2-1-5-19-12-15)18-20-21-22-25(18)7-6-23-8-10-27-11-9-23/h1-2,5,12,16-17,26H,3-4,6-11,13-14H2/t16-,17+/m0/s1. The third-order valence-corrected chi connectivity index (χ3v) is 5.53. The van der Waals surface area contributed by atoms with Crippen LogP contribution in [0.1, 0.15) is 30.3 Å². The molecule has 4 rings (SSSR count). The van der Waals surface area contributed by atoms with Gasteiger partial charge in [0.1, 0.15) is 0 Å². The van der Waals surface area contributed by atoms with Crippen LogP contribution >= 0.6 is 0 Å². The highest BCUT2D eigenvalue weighted by atomic mass is 16.5. The second-order valence-corrected chi connectivity index (χ2v) is 7.18. The Balaban J connectivity index is 1.47. The average molecular weight is 373 g/mol. The topological polar surface area (TPSA) is 92.4 Å². The first-order valence-electron chi connectivity index (χ1n) is 9.67. The molecule has 2 aliphatic heterocycles. The molecule has 2 aromatic rings. The number of aliphatic hydroxyl groups excluding tert-OH is 1. The highest BCUT2D eigenvalue weighted by Crippen LogP contribution is 2.36. The molecular weight excluding hydrogens is 346 g/mol. The van der Waals surface area contributed by atoms with Crippen molar-refractivity contribution in [3.05, 3.63) is 35.9 Å². The van der Waals surface area contributed by atoms with E-state index >= 15 is 0 Å². The van der Waals surface area contributed by atoms with Gasteiger partial charge in [0.15, 0.2) is 5.82 Å². The van der Waals surface area contributed by atoms with Crippen molar-refractivity contribution in [3.63, 3.8) is 0 Å². The molecule has 146 valence electrons. The van der Waals surface area contributed by atoms with Crippen molar-refractivity contribution in [3.8, 4) is 0 Å². The Hall–Kier alpha value is -1.94. The summed E-state index contributed by atoms with van der Waals surface area (Å²) in [5.41, 5.74) is 1.13. The number of hydrogen-bond donors (Lipinski definition) is 1. The number of likely N-dealkylation sites (tertiary alicyclic amines) is 1. The maximum atomic E-state index is 9.84. The van der Waals surface area contributed by atoms with Crippen molar-refractivity contribution in [2.24, 2.45) is 0 Å². The molecule has 0 spiro atoms. The average Bonchev–Trinajstić information content (AvgIpc) is 3.34. The molecule has 2 atom stereocenters. The van der Waals surface area contributed by atoms with Crippen LogP contribution < -0.4 is 0 Å². The number of rotatable bonds is 7. The molecule has 2 saturated heterocycles. The zero-order chi connectivity index (χ0) is 18.5. The largest absolute Gasteiger partial charge is 0.395 e. The van der Waals surface area contributed by atoms with Gasteiger partial charge in [-0.2, -0.15) is 0 Å². The van der Waals surface area contributed by atoms with E-state index in [1.165, 1.54) is 0 Å². The van der Waals surface area contributed by atoms with E-state index < -0.39 is 0 Å². The van der Waals surface area contributed by atoms with Gasteiger partial charge in [-0.25, -0.2) is 4.68 Å². The first-order valence-corrected chi connectivity index (χ1v) is 9.67. The Morgan fingerprint density at radius 1 is 1.19 bits per heavy atom. The van der Waals surface area contributed by atoms with E-state index in [-0.39, 0.29) is 18.7 Å². The smallest absolute Gasteiger partial charge is 0.168 e. The molecule has 0 aliphatic carbocycles. The molecule has 2 aromatic heterocycles. The van der Waals surface area contributed by atoms with Crippen LogP contribution in [0.2, 0.25) is 0 Å². The fourth-order valence-corrected chi connectivity index (χ4v) is 4.02. The van der Waals surface area contributed by atoms with E-state index in [4.69, 9.17) is 4.74 Å². The van der Waals surface area contributed by atoms with E-state index in [9.17, 15) is 5.11 Å². The zero-order valence-electron chi connectivity index (χ0n) is 15.5. The van der Waals surface area contributed by atoms with Gasteiger partial charge in [-0.15, -0.1) is 5.10 Å². The summed E-state index contributed by atoms with van der Waals surface area (Å²) < 4.78 is 7.34. The van der Waals surface area contributed by atoms with Gasteiger partial charge in [-0.3, -0.25) is 14.8 Å². The van der Waals surface area contributed by atoms with E-state index in [1.807, 2.05) is 16.9 Å². The minimum Gasteiger partial charge on any atom is -0.395 e. The van der Waals surface area contributed by atoms with Crippen molar-refractivity contribution in [1.29, 1.82) is 0 Å². The van der Waals surface area contributed by atoms with Crippen LogP contribution in [0.25, 0.3) is 0 Å². The lowest BCUT2D eigenvalue weighted by Gasteiger charge is -2.29. The SMILES string of the molecule is OC[C@@H]1CC[C@H](c2nnnn2CCN2CCOCC2)N1Cc1cccnc1. The van der Waals surface area contributed by atoms with Crippen molar-refractivity contribution in [2.45, 2.75) is 38.0 Å². The lowest BCUT2D eigenvalue weighted by atomic mass is 10.2. The second-order valence-electron chi connectivity index (χ2n) is 7.18. The van der Waals surface area contributed by atoms with Gasteiger partial charge in [0.25, 0.3) is 0 Å². The first kappa shape index (κ1) is 18.4. The molecule has 0 saturated carbocycles. The van der Waals surface area contributed by atoms with Gasteiger partial charge in [0.05, 0.1) is 32.4 Å². The summed E-state index contributed by atoms with van der Waals surface area (Å²) in [6.07, 6.45) is 5.55. The zero-order valence-corrected chi connectivity index (χ0v) is 15.5. The third-order valence-electron chi connectivity index (χ3n) is 5.53. The first-order chi connectivity index (χ1) is 13.3. The lowest BCUT2D eigenvalue weighted by molar-refractivity contribution is 0.0355. The number of tetrazole rings is 1. The van der Waals surface area contributed by atoms with Crippen LogP contribution in [0.15, 0.2) is 24.5 Å². The highest BCUT2D eigenvalue weighted by molar-refractivity contribution is 5.11. The van der Waals surface area contributed by atoms with Crippen LogP contribution in [-0.4, -0.2) is 85.6 Å². The fourth-order valence-electron chi connectivity index (χ4n) is 4.02. The molecule has 2 fully saturated rings. The molecule has 4 heterocycles. The maximum Gasteiger partial charge on any atom is 0.168 e. The van der Waals surface area contributed by atoms with Crippen molar-refractivity contribution in [1.82, 2.24) is 35.0 Å². The Morgan fingerprint density at radius 2 is 2.07 bits per heavy atom. The number of nitrogens with zero attached hydrogens (tertiary/aromatic N) is 7. The summed E-state index contributed by atoms with van der Waals surface area (Å²) >= 11 is 0. The molecule has 9 heteroatoms. The molecular formula is C18H27N7O2. The van der Waals surface area contributed by atoms with Crippen LogP contribution in [-0.2, 0) is 17.8 Å². The fraction of sp³-hybridized carbons (Fsp3) is 0.667. The minimum absolute atomic E-state index is 0.113. The molecule has 0 aromatic carbocycles. The van der Waals surface area contributed by atoms with Crippen LogP contribution in [0.3, 0.4) is 0 Å².